The quantitative estimate of drug-likeness (QED) is 0.873. The highest BCUT2D eigenvalue weighted by atomic mass is 16.4. The zero-order chi connectivity index (χ0) is 19.1. The molecule has 1 heterocycles. The molecule has 0 bridgehead atoms. The summed E-state index contributed by atoms with van der Waals surface area (Å²) >= 11 is 0. The van der Waals surface area contributed by atoms with Crippen molar-refractivity contribution in [2.45, 2.75) is 19.3 Å². The van der Waals surface area contributed by atoms with E-state index in [1.165, 1.54) is 4.90 Å². The van der Waals surface area contributed by atoms with E-state index in [0.717, 1.165) is 6.42 Å². The average Bonchev–Trinajstić information content (AvgIpc) is 3.27. The average molecular weight is 364 g/mol. The number of fused-ring (bicyclic) bond motifs is 1. The number of benzene rings is 2. The molecule has 4 rings (SSSR count). The molecule has 2 amide bonds. The minimum atomic E-state index is -0.940. The van der Waals surface area contributed by atoms with E-state index in [-0.39, 0.29) is 24.3 Å². The molecule has 0 saturated heterocycles. The Morgan fingerprint density at radius 1 is 1.07 bits per heavy atom. The van der Waals surface area contributed by atoms with Gasteiger partial charge in [-0.3, -0.25) is 14.4 Å². The highest BCUT2D eigenvalue weighted by molar-refractivity contribution is 6.09. The van der Waals surface area contributed by atoms with Gasteiger partial charge in [-0.1, -0.05) is 25.1 Å². The second-order valence-corrected chi connectivity index (χ2v) is 7.25. The predicted molar refractivity (Wildman–Crippen MR) is 101 cm³/mol. The first-order chi connectivity index (χ1) is 13.0. The first-order valence-electron chi connectivity index (χ1n) is 9.00. The fourth-order valence-electron chi connectivity index (χ4n) is 3.59. The van der Waals surface area contributed by atoms with Crippen molar-refractivity contribution >= 4 is 29.2 Å². The molecule has 138 valence electrons. The lowest BCUT2D eigenvalue weighted by atomic mass is 10.0. The molecule has 2 aromatic rings. The summed E-state index contributed by atoms with van der Waals surface area (Å²) in [6.45, 7) is 2.16. The van der Waals surface area contributed by atoms with E-state index >= 15 is 0 Å². The maximum atomic E-state index is 12.9. The number of nitrogens with zero attached hydrogens (tertiary/aromatic N) is 1. The van der Waals surface area contributed by atoms with E-state index in [1.807, 2.05) is 6.92 Å². The SMILES string of the molecule is CC1CC1C(=O)Nc1ccc(C(=O)N2CC(C(=O)O)c3ccccc32)cc1. The maximum Gasteiger partial charge on any atom is 0.312 e. The number of amides is 2. The Labute approximate surface area is 156 Å². The van der Waals surface area contributed by atoms with Crippen molar-refractivity contribution in [2.24, 2.45) is 11.8 Å². The van der Waals surface area contributed by atoms with Gasteiger partial charge < -0.3 is 15.3 Å². The van der Waals surface area contributed by atoms with E-state index < -0.39 is 11.9 Å². The van der Waals surface area contributed by atoms with Gasteiger partial charge in [-0.2, -0.15) is 0 Å². The second kappa shape index (κ2) is 6.54. The Morgan fingerprint density at radius 2 is 1.74 bits per heavy atom. The highest BCUT2D eigenvalue weighted by Crippen LogP contribution is 2.39. The normalized spacial score (nSPS) is 22.9. The summed E-state index contributed by atoms with van der Waals surface area (Å²) in [5, 5.41) is 12.3. The van der Waals surface area contributed by atoms with Gasteiger partial charge in [-0.05, 0) is 48.2 Å². The molecule has 0 aromatic heterocycles. The van der Waals surface area contributed by atoms with Crippen LogP contribution >= 0.6 is 0 Å². The molecule has 3 unspecified atom stereocenters. The first kappa shape index (κ1) is 17.3. The summed E-state index contributed by atoms with van der Waals surface area (Å²) in [5.74, 6) is -1.38. The molecule has 6 nitrogen and oxygen atoms in total. The third kappa shape index (κ3) is 3.18. The van der Waals surface area contributed by atoms with Crippen LogP contribution < -0.4 is 10.2 Å². The number of carbonyl (C=O) groups excluding carboxylic acids is 2. The standard InChI is InChI=1S/C21H20N2O4/c1-12-10-16(12)19(24)22-14-8-6-13(7-9-14)20(25)23-11-17(21(26)27)15-4-2-3-5-18(15)23/h2-9,12,16-17H,10-11H2,1H3,(H,22,24)(H,26,27). The lowest BCUT2D eigenvalue weighted by Gasteiger charge is -2.18. The van der Waals surface area contributed by atoms with Crippen LogP contribution in [0.25, 0.3) is 0 Å². The van der Waals surface area contributed by atoms with E-state index in [2.05, 4.69) is 5.32 Å². The van der Waals surface area contributed by atoms with Gasteiger partial charge in [0.1, 0.15) is 5.92 Å². The number of hydrogen-bond donors (Lipinski definition) is 2. The highest BCUT2D eigenvalue weighted by Gasteiger charge is 2.39. The number of carbonyl (C=O) groups is 3. The summed E-state index contributed by atoms with van der Waals surface area (Å²) in [6, 6.07) is 13.8. The van der Waals surface area contributed by atoms with Crippen molar-refractivity contribution in [3.8, 4) is 0 Å². The van der Waals surface area contributed by atoms with Crippen LogP contribution in [0, 0.1) is 11.8 Å². The number of para-hydroxylation sites is 1. The predicted octanol–water partition coefficient (Wildman–Crippen LogP) is 3.11. The van der Waals surface area contributed by atoms with E-state index in [4.69, 9.17) is 0 Å². The molecule has 0 radical (unpaired) electrons. The monoisotopic (exact) mass is 364 g/mol. The Kier molecular flexibility index (Phi) is 4.18. The van der Waals surface area contributed by atoms with Crippen LogP contribution in [0.4, 0.5) is 11.4 Å². The summed E-state index contributed by atoms with van der Waals surface area (Å²) in [6.07, 6.45) is 0.918. The summed E-state index contributed by atoms with van der Waals surface area (Å²) in [5.41, 5.74) is 2.39. The van der Waals surface area contributed by atoms with Crippen LogP contribution in [0.2, 0.25) is 0 Å². The minimum Gasteiger partial charge on any atom is -0.481 e. The van der Waals surface area contributed by atoms with Crippen LogP contribution in [0.3, 0.4) is 0 Å². The van der Waals surface area contributed by atoms with Crippen molar-refractivity contribution in [1.82, 2.24) is 0 Å². The van der Waals surface area contributed by atoms with Crippen LogP contribution in [0.15, 0.2) is 48.5 Å². The lowest BCUT2D eigenvalue weighted by Crippen LogP contribution is -2.31. The smallest absolute Gasteiger partial charge is 0.312 e. The topological polar surface area (TPSA) is 86.7 Å². The van der Waals surface area contributed by atoms with Gasteiger partial charge in [0.15, 0.2) is 0 Å². The Morgan fingerprint density at radius 3 is 2.37 bits per heavy atom. The van der Waals surface area contributed by atoms with Crippen LogP contribution in [-0.4, -0.2) is 29.4 Å². The molecule has 2 aromatic carbocycles. The molecule has 27 heavy (non-hydrogen) atoms. The van der Waals surface area contributed by atoms with Crippen LogP contribution in [0.5, 0.6) is 0 Å². The zero-order valence-corrected chi connectivity index (χ0v) is 14.9. The van der Waals surface area contributed by atoms with E-state index in [9.17, 15) is 19.5 Å². The molecule has 0 spiro atoms. The van der Waals surface area contributed by atoms with Gasteiger partial charge in [-0.15, -0.1) is 0 Å². The molecule has 2 N–H and O–H groups in total. The number of carboxylic acid groups (broad SMARTS) is 1. The van der Waals surface area contributed by atoms with Crippen LogP contribution in [0.1, 0.15) is 35.2 Å². The van der Waals surface area contributed by atoms with Gasteiger partial charge >= 0.3 is 5.97 Å². The number of carboxylic acids is 1. The number of hydrogen-bond acceptors (Lipinski definition) is 3. The molecule has 3 atom stereocenters. The Bertz CT molecular complexity index is 922. The second-order valence-electron chi connectivity index (χ2n) is 7.25. The summed E-state index contributed by atoms with van der Waals surface area (Å²) in [4.78, 5) is 38.0. The molecular weight excluding hydrogens is 344 g/mol. The molecule has 1 fully saturated rings. The maximum absolute atomic E-state index is 12.9. The van der Waals surface area contributed by atoms with Crippen molar-refractivity contribution in [3.05, 3.63) is 59.7 Å². The number of anilines is 2. The molecule has 2 aliphatic rings. The van der Waals surface area contributed by atoms with Gasteiger partial charge in [0.05, 0.1) is 0 Å². The zero-order valence-electron chi connectivity index (χ0n) is 14.9. The first-order valence-corrected chi connectivity index (χ1v) is 9.00. The third-order valence-corrected chi connectivity index (χ3v) is 5.36. The summed E-state index contributed by atoms with van der Waals surface area (Å²) < 4.78 is 0. The molecular formula is C21H20N2O4. The van der Waals surface area contributed by atoms with Gasteiger partial charge in [0.25, 0.3) is 5.91 Å². The van der Waals surface area contributed by atoms with Gasteiger partial charge in [0, 0.05) is 29.4 Å². The van der Waals surface area contributed by atoms with Crippen LogP contribution in [-0.2, 0) is 9.59 Å². The number of aliphatic carboxylic acids is 1. The molecule has 6 heteroatoms. The number of nitrogens with one attached hydrogen (secondary N) is 1. The van der Waals surface area contributed by atoms with E-state index in [1.54, 1.807) is 48.5 Å². The fourth-order valence-corrected chi connectivity index (χ4v) is 3.59. The molecule has 1 aliphatic heterocycles. The Hall–Kier alpha value is -3.15. The van der Waals surface area contributed by atoms with Crippen molar-refractivity contribution in [3.63, 3.8) is 0 Å². The minimum absolute atomic E-state index is 0.0133. The molecule has 1 aliphatic carbocycles. The Balaban J connectivity index is 1.51. The van der Waals surface area contributed by atoms with Crippen molar-refractivity contribution < 1.29 is 19.5 Å². The largest absolute Gasteiger partial charge is 0.481 e. The third-order valence-electron chi connectivity index (χ3n) is 5.36. The lowest BCUT2D eigenvalue weighted by molar-refractivity contribution is -0.138. The number of rotatable bonds is 4. The van der Waals surface area contributed by atoms with Crippen molar-refractivity contribution in [1.29, 1.82) is 0 Å². The van der Waals surface area contributed by atoms with Gasteiger partial charge in [-0.25, -0.2) is 0 Å². The van der Waals surface area contributed by atoms with Crippen molar-refractivity contribution in [2.75, 3.05) is 16.8 Å². The molecule has 1 saturated carbocycles. The summed E-state index contributed by atoms with van der Waals surface area (Å²) in [7, 11) is 0. The van der Waals surface area contributed by atoms with Gasteiger partial charge in [0.2, 0.25) is 5.91 Å². The van der Waals surface area contributed by atoms with E-state index in [0.29, 0.717) is 28.4 Å². The fraction of sp³-hybridized carbons (Fsp3) is 0.286.